The lowest BCUT2D eigenvalue weighted by Crippen LogP contribution is -2.32. The topological polar surface area (TPSA) is 21.3 Å². The average molecular weight is 403 g/mol. The molecule has 0 radical (unpaired) electrons. The van der Waals surface area contributed by atoms with E-state index < -0.39 is 0 Å². The molecule has 0 saturated carbocycles. The van der Waals surface area contributed by atoms with Crippen molar-refractivity contribution in [2.75, 3.05) is 7.05 Å². The Morgan fingerprint density at radius 1 is 1.37 bits per heavy atom. The number of hydrogen-bond donors (Lipinski definition) is 1. The van der Waals surface area contributed by atoms with E-state index in [1.807, 2.05) is 19.2 Å². The van der Waals surface area contributed by atoms with Gasteiger partial charge in [-0.3, -0.25) is 0 Å². The number of benzene rings is 1. The summed E-state index contributed by atoms with van der Waals surface area (Å²) in [6.45, 7) is 0. The van der Waals surface area contributed by atoms with Crippen molar-refractivity contribution < 1.29 is 4.74 Å². The summed E-state index contributed by atoms with van der Waals surface area (Å²) in [4.78, 5) is 1.28. The van der Waals surface area contributed by atoms with E-state index in [9.17, 15) is 0 Å². The molecule has 1 aliphatic rings. The molecule has 2 aromatic rings. The van der Waals surface area contributed by atoms with Crippen LogP contribution in [0.5, 0.6) is 5.75 Å². The first-order valence-corrected chi connectivity index (χ1v) is 8.46. The van der Waals surface area contributed by atoms with Crippen molar-refractivity contribution in [1.82, 2.24) is 5.32 Å². The van der Waals surface area contributed by atoms with Crippen molar-refractivity contribution in [2.45, 2.75) is 18.6 Å². The van der Waals surface area contributed by atoms with Crippen molar-refractivity contribution in [3.63, 3.8) is 0 Å². The van der Waals surface area contributed by atoms with Crippen LogP contribution in [0, 0.1) is 0 Å². The van der Waals surface area contributed by atoms with Crippen molar-refractivity contribution in [2.24, 2.45) is 0 Å². The zero-order chi connectivity index (χ0) is 13.4. The summed E-state index contributed by atoms with van der Waals surface area (Å²) in [5, 5.41) is 3.38. The van der Waals surface area contributed by atoms with Crippen molar-refractivity contribution in [3.05, 3.63) is 49.0 Å². The minimum Gasteiger partial charge on any atom is -0.488 e. The number of nitrogens with one attached hydrogen (secondary N) is 1. The molecule has 3 rings (SSSR count). The van der Waals surface area contributed by atoms with Gasteiger partial charge in [-0.2, -0.15) is 0 Å². The highest BCUT2D eigenvalue weighted by Crippen LogP contribution is 2.40. The lowest BCUT2D eigenvalue weighted by Gasteiger charge is -2.21. The molecule has 2 unspecified atom stereocenters. The second-order valence-electron chi connectivity index (χ2n) is 4.50. The van der Waals surface area contributed by atoms with E-state index in [0.29, 0.717) is 0 Å². The van der Waals surface area contributed by atoms with Crippen LogP contribution >= 0.6 is 43.2 Å². The summed E-state index contributed by atoms with van der Waals surface area (Å²) in [5.74, 6) is 1.02. The first-order valence-electron chi connectivity index (χ1n) is 6.05. The Labute approximate surface area is 133 Å². The minimum atomic E-state index is 0.153. The number of likely N-dealkylation sites (N-methyl/N-ethyl adjacent to an activating group) is 1. The lowest BCUT2D eigenvalue weighted by molar-refractivity contribution is 0.185. The fourth-order valence-corrected chi connectivity index (χ4v) is 4.68. The number of hydrogen-bond acceptors (Lipinski definition) is 3. The summed E-state index contributed by atoms with van der Waals surface area (Å²) in [7, 11) is 1.98. The van der Waals surface area contributed by atoms with Gasteiger partial charge in [-0.05, 0) is 56.6 Å². The Bertz CT molecular complexity index is 554. The van der Waals surface area contributed by atoms with Crippen molar-refractivity contribution >= 4 is 43.2 Å². The number of thiophene rings is 1. The Morgan fingerprint density at radius 3 is 2.79 bits per heavy atom. The zero-order valence-corrected chi connectivity index (χ0v) is 14.3. The minimum absolute atomic E-state index is 0.153. The van der Waals surface area contributed by atoms with E-state index in [0.717, 1.165) is 20.4 Å². The van der Waals surface area contributed by atoms with E-state index in [4.69, 9.17) is 4.74 Å². The van der Waals surface area contributed by atoms with E-state index in [1.54, 1.807) is 11.3 Å². The largest absolute Gasteiger partial charge is 0.488 e. The second kappa shape index (κ2) is 5.56. The van der Waals surface area contributed by atoms with Crippen LogP contribution in [-0.2, 0) is 6.42 Å². The van der Waals surface area contributed by atoms with Gasteiger partial charge in [0.1, 0.15) is 11.9 Å². The number of ether oxygens (including phenoxy) is 1. The summed E-state index contributed by atoms with van der Waals surface area (Å²) in [6.07, 6.45) is 1.11. The van der Waals surface area contributed by atoms with Crippen LogP contribution in [0.1, 0.15) is 16.5 Å². The molecule has 0 bridgehead atoms. The van der Waals surface area contributed by atoms with Crippen LogP contribution in [0.4, 0.5) is 0 Å². The monoisotopic (exact) mass is 401 g/mol. The molecule has 0 spiro atoms. The van der Waals surface area contributed by atoms with Crippen molar-refractivity contribution in [3.8, 4) is 5.75 Å². The molecule has 2 nitrogen and oxygen atoms in total. The number of fused-ring (bicyclic) bond motifs is 1. The molecule has 0 saturated heterocycles. The number of rotatable bonds is 3. The van der Waals surface area contributed by atoms with Crippen LogP contribution in [-0.4, -0.2) is 13.2 Å². The van der Waals surface area contributed by atoms with Gasteiger partial charge in [0.05, 0.1) is 9.83 Å². The Hall–Kier alpha value is -0.360. The van der Waals surface area contributed by atoms with Gasteiger partial charge in [-0.15, -0.1) is 11.3 Å². The quantitative estimate of drug-likeness (QED) is 0.813. The molecule has 1 aromatic heterocycles. The van der Waals surface area contributed by atoms with Gasteiger partial charge < -0.3 is 10.1 Å². The maximum absolute atomic E-state index is 6.08. The second-order valence-corrected chi connectivity index (χ2v) is 7.76. The Morgan fingerprint density at radius 2 is 2.16 bits per heavy atom. The van der Waals surface area contributed by atoms with Gasteiger partial charge in [-0.1, -0.05) is 18.2 Å². The first kappa shape index (κ1) is 13.6. The summed E-state index contributed by atoms with van der Waals surface area (Å²) in [6, 6.07) is 10.6. The maximum Gasteiger partial charge on any atom is 0.123 e. The summed E-state index contributed by atoms with van der Waals surface area (Å²) in [5.41, 5.74) is 1.29. The van der Waals surface area contributed by atoms with Gasteiger partial charge in [-0.25, -0.2) is 0 Å². The first-order chi connectivity index (χ1) is 9.19. The van der Waals surface area contributed by atoms with Gasteiger partial charge in [0.15, 0.2) is 0 Å². The van der Waals surface area contributed by atoms with Gasteiger partial charge in [0.25, 0.3) is 0 Å². The lowest BCUT2D eigenvalue weighted by atomic mass is 10.0. The molecular formula is C14H13Br2NOS. The normalized spacial score (nSPS) is 19.0. The predicted octanol–water partition coefficient (Wildman–Crippen LogP) is 4.54. The molecule has 0 aliphatic carbocycles. The SMILES string of the molecule is CNC(c1cc(Br)c(Br)s1)C1Cc2ccccc2O1. The van der Waals surface area contributed by atoms with E-state index in [-0.39, 0.29) is 12.1 Å². The van der Waals surface area contributed by atoms with Crippen molar-refractivity contribution in [1.29, 1.82) is 0 Å². The van der Waals surface area contributed by atoms with Gasteiger partial charge >= 0.3 is 0 Å². The van der Waals surface area contributed by atoms with Gasteiger partial charge in [0.2, 0.25) is 0 Å². The third-order valence-electron chi connectivity index (χ3n) is 3.33. The van der Waals surface area contributed by atoms with Crippen LogP contribution in [0.3, 0.4) is 0 Å². The number of para-hydroxylation sites is 1. The highest BCUT2D eigenvalue weighted by Gasteiger charge is 2.31. The average Bonchev–Trinajstić information content (AvgIpc) is 2.95. The smallest absolute Gasteiger partial charge is 0.123 e. The standard InChI is InChI=1S/C14H13Br2NOS/c1-17-13(12-7-9(15)14(16)19-12)11-6-8-4-2-3-5-10(8)18-11/h2-5,7,11,13,17H,6H2,1H3. The molecule has 0 fully saturated rings. The predicted molar refractivity (Wildman–Crippen MR) is 86.1 cm³/mol. The zero-order valence-electron chi connectivity index (χ0n) is 10.3. The van der Waals surface area contributed by atoms with E-state index in [2.05, 4.69) is 55.4 Å². The highest BCUT2D eigenvalue weighted by atomic mass is 79.9. The van der Waals surface area contributed by atoms with E-state index in [1.165, 1.54) is 10.4 Å². The molecule has 100 valence electrons. The van der Waals surface area contributed by atoms with E-state index >= 15 is 0 Å². The maximum atomic E-state index is 6.08. The van der Waals surface area contributed by atoms with Crippen LogP contribution in [0.2, 0.25) is 0 Å². The molecule has 1 aliphatic heterocycles. The fraction of sp³-hybridized carbons (Fsp3) is 0.286. The summed E-state index contributed by atoms with van der Waals surface area (Å²) < 4.78 is 8.30. The van der Waals surface area contributed by atoms with Crippen LogP contribution < -0.4 is 10.1 Å². The third-order valence-corrected chi connectivity index (χ3v) is 6.66. The molecule has 1 N–H and O–H groups in total. The molecule has 19 heavy (non-hydrogen) atoms. The Kier molecular flexibility index (Phi) is 3.98. The molecule has 1 aromatic carbocycles. The number of halogens is 2. The highest BCUT2D eigenvalue weighted by molar-refractivity contribution is 9.13. The fourth-order valence-electron chi connectivity index (χ4n) is 2.42. The van der Waals surface area contributed by atoms with Crippen LogP contribution in [0.15, 0.2) is 38.6 Å². The molecule has 2 heterocycles. The third kappa shape index (κ3) is 2.61. The molecule has 0 amide bonds. The molecular weight excluding hydrogens is 390 g/mol. The Balaban J connectivity index is 1.85. The van der Waals surface area contributed by atoms with Gasteiger partial charge in [0, 0.05) is 15.8 Å². The molecule has 5 heteroatoms. The molecule has 2 atom stereocenters. The van der Waals surface area contributed by atoms with Crippen LogP contribution in [0.25, 0.3) is 0 Å². The summed E-state index contributed by atoms with van der Waals surface area (Å²) >= 11 is 8.84.